The van der Waals surface area contributed by atoms with Crippen LogP contribution in [0.3, 0.4) is 0 Å². The van der Waals surface area contributed by atoms with E-state index in [2.05, 4.69) is 0 Å². The number of hydrogen-bond acceptors (Lipinski definition) is 3. The first-order valence-electron chi connectivity index (χ1n) is 7.69. The average Bonchev–Trinajstić information content (AvgIpc) is 2.61. The highest BCUT2D eigenvalue weighted by molar-refractivity contribution is 7.89. The van der Waals surface area contributed by atoms with Crippen LogP contribution in [0.1, 0.15) is 10.4 Å². The van der Waals surface area contributed by atoms with Gasteiger partial charge in [-0.1, -0.05) is 18.2 Å². The molecular formula is C17H16F2N2O3S. The number of benzene rings is 2. The molecule has 132 valence electrons. The molecule has 0 aliphatic carbocycles. The zero-order chi connectivity index (χ0) is 18.0. The van der Waals surface area contributed by atoms with E-state index in [1.807, 2.05) is 0 Å². The quantitative estimate of drug-likeness (QED) is 0.836. The topological polar surface area (TPSA) is 57.7 Å². The van der Waals surface area contributed by atoms with E-state index in [1.54, 1.807) is 0 Å². The van der Waals surface area contributed by atoms with Crippen LogP contribution in [0.4, 0.5) is 8.78 Å². The highest BCUT2D eigenvalue weighted by Crippen LogP contribution is 2.21. The van der Waals surface area contributed by atoms with E-state index in [9.17, 15) is 22.0 Å². The van der Waals surface area contributed by atoms with E-state index in [0.29, 0.717) is 0 Å². The van der Waals surface area contributed by atoms with Crippen LogP contribution in [0, 0.1) is 11.6 Å². The van der Waals surface area contributed by atoms with E-state index < -0.39 is 21.7 Å². The minimum Gasteiger partial charge on any atom is -0.336 e. The van der Waals surface area contributed by atoms with Crippen LogP contribution >= 0.6 is 0 Å². The summed E-state index contributed by atoms with van der Waals surface area (Å²) in [7, 11) is -3.95. The number of amides is 1. The Balaban J connectivity index is 1.72. The van der Waals surface area contributed by atoms with Crippen LogP contribution in [-0.2, 0) is 10.0 Å². The summed E-state index contributed by atoms with van der Waals surface area (Å²) in [5.41, 5.74) is 0.213. The summed E-state index contributed by atoms with van der Waals surface area (Å²) < 4.78 is 53.3. The molecule has 0 saturated carbocycles. The van der Waals surface area contributed by atoms with Crippen molar-refractivity contribution in [2.45, 2.75) is 4.90 Å². The van der Waals surface area contributed by atoms with Gasteiger partial charge in [-0.05, 0) is 30.3 Å². The minimum absolute atomic E-state index is 0.0533. The molecular weight excluding hydrogens is 350 g/mol. The van der Waals surface area contributed by atoms with Gasteiger partial charge in [0.2, 0.25) is 10.0 Å². The van der Waals surface area contributed by atoms with Crippen molar-refractivity contribution >= 4 is 15.9 Å². The fourth-order valence-electron chi connectivity index (χ4n) is 2.73. The van der Waals surface area contributed by atoms with Crippen LogP contribution < -0.4 is 0 Å². The fraction of sp³-hybridized carbons (Fsp3) is 0.235. The number of sulfonamides is 1. The van der Waals surface area contributed by atoms with Crippen LogP contribution in [0.15, 0.2) is 53.4 Å². The molecule has 2 aromatic carbocycles. The molecule has 0 radical (unpaired) electrons. The number of nitrogens with zero attached hydrogens (tertiary/aromatic N) is 2. The molecule has 1 fully saturated rings. The predicted octanol–water partition coefficient (Wildman–Crippen LogP) is 2.11. The highest BCUT2D eigenvalue weighted by Gasteiger charge is 2.32. The van der Waals surface area contributed by atoms with E-state index >= 15 is 0 Å². The summed E-state index contributed by atoms with van der Waals surface area (Å²) in [4.78, 5) is 13.4. The van der Waals surface area contributed by atoms with Crippen molar-refractivity contribution in [3.8, 4) is 0 Å². The van der Waals surface area contributed by atoms with Crippen LogP contribution in [0.2, 0.25) is 0 Å². The van der Waals surface area contributed by atoms with E-state index in [4.69, 9.17) is 0 Å². The van der Waals surface area contributed by atoms with E-state index in [-0.39, 0.29) is 42.5 Å². The molecule has 3 rings (SSSR count). The molecule has 0 unspecified atom stereocenters. The number of carbonyl (C=O) groups is 1. The van der Waals surface area contributed by atoms with Crippen molar-refractivity contribution in [1.82, 2.24) is 9.21 Å². The number of piperazine rings is 1. The first-order chi connectivity index (χ1) is 11.9. The van der Waals surface area contributed by atoms with Gasteiger partial charge in [0.15, 0.2) is 0 Å². The minimum atomic E-state index is -3.95. The molecule has 0 bridgehead atoms. The lowest BCUT2D eigenvalue weighted by Crippen LogP contribution is -2.50. The average molecular weight is 366 g/mol. The van der Waals surface area contributed by atoms with Crippen molar-refractivity contribution in [2.24, 2.45) is 0 Å². The smallest absolute Gasteiger partial charge is 0.254 e. The molecule has 1 aliphatic rings. The van der Waals surface area contributed by atoms with Gasteiger partial charge in [-0.25, -0.2) is 17.2 Å². The SMILES string of the molecule is O=C(c1cccc(F)c1)N1CCN(S(=O)(=O)c2ccccc2F)CC1. The van der Waals surface area contributed by atoms with Crippen LogP contribution in [0.5, 0.6) is 0 Å². The second-order valence-corrected chi connectivity index (χ2v) is 7.54. The second kappa shape index (κ2) is 6.89. The van der Waals surface area contributed by atoms with Crippen molar-refractivity contribution in [2.75, 3.05) is 26.2 Å². The summed E-state index contributed by atoms with van der Waals surface area (Å²) in [5, 5.41) is 0. The van der Waals surface area contributed by atoms with Gasteiger partial charge in [-0.2, -0.15) is 4.31 Å². The molecule has 5 nitrogen and oxygen atoms in total. The fourth-order valence-corrected chi connectivity index (χ4v) is 4.22. The van der Waals surface area contributed by atoms with E-state index in [1.165, 1.54) is 41.3 Å². The first kappa shape index (κ1) is 17.5. The van der Waals surface area contributed by atoms with Gasteiger partial charge in [0.25, 0.3) is 5.91 Å². The number of carbonyl (C=O) groups excluding carboxylic acids is 1. The lowest BCUT2D eigenvalue weighted by atomic mass is 10.2. The van der Waals surface area contributed by atoms with Crippen molar-refractivity contribution in [3.05, 3.63) is 65.7 Å². The third-order valence-corrected chi connectivity index (χ3v) is 5.98. The maximum Gasteiger partial charge on any atom is 0.254 e. The van der Waals surface area contributed by atoms with Gasteiger partial charge in [0.05, 0.1) is 0 Å². The molecule has 1 aliphatic heterocycles. The molecule has 1 saturated heterocycles. The zero-order valence-electron chi connectivity index (χ0n) is 13.2. The Bertz CT molecular complexity index is 894. The Hall–Kier alpha value is -2.32. The molecule has 0 N–H and O–H groups in total. The Kier molecular flexibility index (Phi) is 4.82. The van der Waals surface area contributed by atoms with Gasteiger partial charge >= 0.3 is 0 Å². The highest BCUT2D eigenvalue weighted by atomic mass is 32.2. The van der Waals surface area contributed by atoms with Crippen molar-refractivity contribution < 1.29 is 22.0 Å². The first-order valence-corrected chi connectivity index (χ1v) is 9.13. The summed E-state index contributed by atoms with van der Waals surface area (Å²) in [6.07, 6.45) is 0. The molecule has 25 heavy (non-hydrogen) atoms. The van der Waals surface area contributed by atoms with Gasteiger partial charge < -0.3 is 4.90 Å². The molecule has 1 heterocycles. The molecule has 0 atom stereocenters. The third kappa shape index (κ3) is 3.54. The Morgan fingerprint density at radius 3 is 2.24 bits per heavy atom. The lowest BCUT2D eigenvalue weighted by Gasteiger charge is -2.34. The standard InChI is InChI=1S/C17H16F2N2O3S/c18-14-5-3-4-13(12-14)17(22)20-8-10-21(11-9-20)25(23,24)16-7-2-1-6-15(16)19/h1-7,12H,8-11H2. The molecule has 2 aromatic rings. The van der Waals surface area contributed by atoms with Crippen LogP contribution in [-0.4, -0.2) is 49.7 Å². The van der Waals surface area contributed by atoms with Crippen LogP contribution in [0.25, 0.3) is 0 Å². The number of rotatable bonds is 3. The van der Waals surface area contributed by atoms with Gasteiger partial charge in [-0.15, -0.1) is 0 Å². The predicted molar refractivity (Wildman–Crippen MR) is 87.5 cm³/mol. The van der Waals surface area contributed by atoms with Gasteiger partial charge in [0.1, 0.15) is 16.5 Å². The number of hydrogen-bond donors (Lipinski definition) is 0. The lowest BCUT2D eigenvalue weighted by molar-refractivity contribution is 0.0697. The monoisotopic (exact) mass is 366 g/mol. The van der Waals surface area contributed by atoms with Crippen molar-refractivity contribution in [3.63, 3.8) is 0 Å². The Morgan fingerprint density at radius 1 is 0.920 bits per heavy atom. The summed E-state index contributed by atoms with van der Waals surface area (Å²) in [6.45, 7) is 0.418. The number of halogens is 2. The molecule has 8 heteroatoms. The summed E-state index contributed by atoms with van der Waals surface area (Å²) in [6, 6.07) is 10.5. The maximum atomic E-state index is 13.8. The van der Waals surface area contributed by atoms with E-state index in [0.717, 1.165) is 16.4 Å². The second-order valence-electron chi connectivity index (χ2n) is 5.64. The third-order valence-electron chi connectivity index (χ3n) is 4.05. The largest absolute Gasteiger partial charge is 0.336 e. The maximum absolute atomic E-state index is 13.8. The Labute approximate surface area is 144 Å². The summed E-state index contributed by atoms with van der Waals surface area (Å²) >= 11 is 0. The van der Waals surface area contributed by atoms with Gasteiger partial charge in [0, 0.05) is 31.7 Å². The zero-order valence-corrected chi connectivity index (χ0v) is 14.0. The molecule has 1 amide bonds. The van der Waals surface area contributed by atoms with Crippen molar-refractivity contribution in [1.29, 1.82) is 0 Å². The normalized spacial score (nSPS) is 16.0. The summed E-state index contributed by atoms with van der Waals surface area (Å²) in [5.74, 6) is -1.67. The molecule has 0 aromatic heterocycles. The molecule has 0 spiro atoms. The Morgan fingerprint density at radius 2 is 1.60 bits per heavy atom. The van der Waals surface area contributed by atoms with Gasteiger partial charge in [-0.3, -0.25) is 4.79 Å².